The van der Waals surface area contributed by atoms with Crippen LogP contribution in [0.1, 0.15) is 87.1 Å². The summed E-state index contributed by atoms with van der Waals surface area (Å²) in [7, 11) is 0. The second-order valence-electron chi connectivity index (χ2n) is 12.2. The third-order valence-electron chi connectivity index (χ3n) is 8.36. The number of thioether (sulfide) groups is 2. The first kappa shape index (κ1) is 40.3. The summed E-state index contributed by atoms with van der Waals surface area (Å²) in [5.74, 6) is -0.977. The third kappa shape index (κ3) is 13.6. The number of nitrogens with zero attached hydrogens (tertiary/aromatic N) is 1. The van der Waals surface area contributed by atoms with Gasteiger partial charge in [-0.3, -0.25) is 4.79 Å². The monoisotopic (exact) mass is 716 g/mol. The number of thiophene rings is 1. The molecule has 0 fully saturated rings. The van der Waals surface area contributed by atoms with Crippen LogP contribution in [0.25, 0.3) is 0 Å². The lowest BCUT2D eigenvalue weighted by Gasteiger charge is -2.50. The maximum Gasteiger partial charge on any atom is 0.327 e. The van der Waals surface area contributed by atoms with Gasteiger partial charge in [0.05, 0.1) is 0 Å². The van der Waals surface area contributed by atoms with Crippen molar-refractivity contribution >= 4 is 40.8 Å². The molecule has 1 atom stereocenters. The van der Waals surface area contributed by atoms with E-state index in [0.717, 1.165) is 48.1 Å². The third-order valence-corrected chi connectivity index (χ3v) is 12.7. The number of alkyl halides is 2. The summed E-state index contributed by atoms with van der Waals surface area (Å²) < 4.78 is 29.8. The number of hydrogen-bond acceptors (Lipinski definition) is 6. The lowest BCUT2D eigenvalue weighted by atomic mass is 10.0. The highest BCUT2D eigenvalue weighted by atomic mass is 32.2. The lowest BCUT2D eigenvalue weighted by molar-refractivity contribution is -0.156. The highest BCUT2D eigenvalue weighted by molar-refractivity contribution is 8.18. The number of nitrogens with two attached hydrogens (primary N) is 1. The summed E-state index contributed by atoms with van der Waals surface area (Å²) in [5.41, 5.74) is 7.76. The largest absolute Gasteiger partial charge is 0.481 e. The van der Waals surface area contributed by atoms with Crippen LogP contribution in [0.3, 0.4) is 0 Å². The summed E-state index contributed by atoms with van der Waals surface area (Å²) in [5, 5.41) is 12.1. The van der Waals surface area contributed by atoms with Crippen molar-refractivity contribution in [2.75, 3.05) is 18.1 Å². The van der Waals surface area contributed by atoms with E-state index in [1.165, 1.54) is 103 Å². The predicted molar refractivity (Wildman–Crippen MR) is 204 cm³/mol. The van der Waals surface area contributed by atoms with Gasteiger partial charge in [0, 0.05) is 11.4 Å². The number of benzene rings is 2. The minimum absolute atomic E-state index is 0.00381. The fraction of sp³-hybridized carbons (Fsp3) is 0.513. The van der Waals surface area contributed by atoms with Gasteiger partial charge in [0.1, 0.15) is 10.1 Å². The van der Waals surface area contributed by atoms with Crippen LogP contribution in [-0.4, -0.2) is 44.3 Å². The van der Waals surface area contributed by atoms with Gasteiger partial charge >= 0.3 is 12.0 Å². The Hall–Kier alpha value is -2.17. The number of unbranched alkanes of at least 4 members (excludes halogenated alkanes) is 7. The molecule has 48 heavy (non-hydrogen) atoms. The Balaban J connectivity index is 0.000000488. The topological polar surface area (TPSA) is 66.6 Å². The van der Waals surface area contributed by atoms with E-state index in [0.29, 0.717) is 11.5 Å². The Morgan fingerprint density at radius 1 is 0.812 bits per heavy atom. The second-order valence-corrected chi connectivity index (χ2v) is 16.1. The SMILES string of the molecule is CCCCCCCCCCN.O=C(O)C1C=CC(F)(F)N(Cc2cccs2)C1(SCCCc1ccccc1)SCCCc1ccccc1. The molecule has 0 amide bonds. The molecule has 0 radical (unpaired) electrons. The second kappa shape index (κ2) is 22.5. The van der Waals surface area contributed by atoms with Crippen LogP contribution < -0.4 is 5.73 Å². The molecule has 4 nitrogen and oxygen atoms in total. The van der Waals surface area contributed by atoms with E-state index in [-0.39, 0.29) is 6.54 Å². The number of hydrogen-bond donors (Lipinski definition) is 2. The fourth-order valence-corrected chi connectivity index (χ4v) is 9.84. The molecule has 1 unspecified atom stereocenters. The molecule has 3 aromatic rings. The Bertz CT molecular complexity index is 1240. The predicted octanol–water partition coefficient (Wildman–Crippen LogP) is 10.9. The molecule has 9 heteroatoms. The molecule has 0 spiro atoms. The number of carboxylic acid groups (broad SMARTS) is 1. The van der Waals surface area contributed by atoms with Gasteiger partial charge in [0.15, 0.2) is 0 Å². The van der Waals surface area contributed by atoms with Crippen molar-refractivity contribution in [3.05, 3.63) is 106 Å². The van der Waals surface area contributed by atoms with E-state index in [1.54, 1.807) is 0 Å². The molecule has 4 rings (SSSR count). The van der Waals surface area contributed by atoms with Gasteiger partial charge in [0.25, 0.3) is 0 Å². The summed E-state index contributed by atoms with van der Waals surface area (Å²) in [6.07, 6.45) is 16.1. The van der Waals surface area contributed by atoms with Gasteiger partial charge in [-0.15, -0.1) is 34.9 Å². The first-order valence-corrected chi connectivity index (χ1v) is 20.3. The smallest absolute Gasteiger partial charge is 0.327 e. The van der Waals surface area contributed by atoms with Crippen molar-refractivity contribution in [2.45, 2.75) is 101 Å². The van der Waals surface area contributed by atoms with Crippen molar-refractivity contribution in [3.8, 4) is 0 Å². The van der Waals surface area contributed by atoms with E-state index >= 15 is 8.78 Å². The Morgan fingerprint density at radius 3 is 1.83 bits per heavy atom. The quantitative estimate of drug-likeness (QED) is 0.0495. The number of rotatable bonds is 21. The molecular formula is C39H54F2N2O2S3. The molecule has 1 aliphatic rings. The zero-order valence-electron chi connectivity index (χ0n) is 28.4. The number of aliphatic carboxylic acids is 1. The van der Waals surface area contributed by atoms with Gasteiger partial charge in [-0.25, -0.2) is 4.90 Å². The Labute approximate surface area is 300 Å². The van der Waals surface area contributed by atoms with Crippen LogP contribution in [0, 0.1) is 5.92 Å². The molecule has 1 aromatic heterocycles. The molecule has 0 aliphatic carbocycles. The van der Waals surface area contributed by atoms with E-state index in [4.69, 9.17) is 5.73 Å². The summed E-state index contributed by atoms with van der Waals surface area (Å²) in [6, 6.07) is 20.5. The van der Waals surface area contributed by atoms with Crippen LogP contribution in [0.15, 0.2) is 90.3 Å². The van der Waals surface area contributed by atoms with Crippen LogP contribution in [0.5, 0.6) is 0 Å². The van der Waals surface area contributed by atoms with Crippen molar-refractivity contribution in [1.29, 1.82) is 0 Å². The van der Waals surface area contributed by atoms with Crippen LogP contribution in [-0.2, 0) is 24.2 Å². The standard InChI is InChI=1S/C29H31F2NO2S3.C10H23N/c30-28(31)18-17-26(27(33)34)29(32(28)22-25-16-9-19-35-25,36-20-7-14-23-10-3-1-4-11-23)37-21-8-15-24-12-5-2-6-13-24;1-2-3-4-5-6-7-8-9-10-11/h1-6,9-13,16-19,26H,7-8,14-15,20-22H2,(H,33,34);2-11H2,1H3. The minimum atomic E-state index is -3.26. The minimum Gasteiger partial charge on any atom is -0.481 e. The normalized spacial score (nSPS) is 16.7. The molecule has 3 N–H and O–H groups in total. The summed E-state index contributed by atoms with van der Waals surface area (Å²) in [6.45, 7) is 3.12. The first-order valence-electron chi connectivity index (χ1n) is 17.5. The van der Waals surface area contributed by atoms with Crippen LogP contribution >= 0.6 is 34.9 Å². The van der Waals surface area contributed by atoms with Gasteiger partial charge in [0.2, 0.25) is 0 Å². The maximum absolute atomic E-state index is 15.6. The van der Waals surface area contributed by atoms with Gasteiger partial charge in [-0.05, 0) is 78.8 Å². The number of carbonyl (C=O) groups is 1. The van der Waals surface area contributed by atoms with Crippen LogP contribution in [0.2, 0.25) is 0 Å². The van der Waals surface area contributed by atoms with Crippen molar-refractivity contribution in [1.82, 2.24) is 4.90 Å². The van der Waals surface area contributed by atoms with Crippen LogP contribution in [0.4, 0.5) is 8.78 Å². The molecule has 0 saturated carbocycles. The van der Waals surface area contributed by atoms with Gasteiger partial charge < -0.3 is 10.8 Å². The average Bonchev–Trinajstić information content (AvgIpc) is 3.61. The average molecular weight is 717 g/mol. The highest BCUT2D eigenvalue weighted by Crippen LogP contribution is 2.54. The molecule has 264 valence electrons. The van der Waals surface area contributed by atoms with Crippen molar-refractivity contribution < 1.29 is 18.7 Å². The first-order chi connectivity index (χ1) is 23.3. The number of aryl methyl sites for hydroxylation is 2. The molecule has 2 aromatic carbocycles. The van der Waals surface area contributed by atoms with Crippen molar-refractivity contribution in [2.24, 2.45) is 11.7 Å². The molecule has 0 bridgehead atoms. The molecular weight excluding hydrogens is 663 g/mol. The van der Waals surface area contributed by atoms with E-state index in [9.17, 15) is 9.90 Å². The van der Waals surface area contributed by atoms with E-state index < -0.39 is 22.1 Å². The fourth-order valence-electron chi connectivity index (χ4n) is 5.75. The van der Waals surface area contributed by atoms with Gasteiger partial charge in [-0.2, -0.15) is 8.78 Å². The summed E-state index contributed by atoms with van der Waals surface area (Å²) in [4.78, 5) is 14.4. The van der Waals surface area contributed by atoms with Crippen molar-refractivity contribution in [3.63, 3.8) is 0 Å². The Morgan fingerprint density at radius 2 is 1.35 bits per heavy atom. The Kier molecular flexibility index (Phi) is 18.9. The van der Waals surface area contributed by atoms with E-state index in [2.05, 4.69) is 31.2 Å². The zero-order chi connectivity index (χ0) is 34.5. The summed E-state index contributed by atoms with van der Waals surface area (Å²) >= 11 is 4.13. The molecule has 0 saturated heterocycles. The lowest BCUT2D eigenvalue weighted by Crippen LogP contribution is -2.60. The van der Waals surface area contributed by atoms with Gasteiger partial charge in [-0.1, -0.05) is 125 Å². The molecule has 1 aliphatic heterocycles. The highest BCUT2D eigenvalue weighted by Gasteiger charge is 2.58. The zero-order valence-corrected chi connectivity index (χ0v) is 30.9. The van der Waals surface area contributed by atoms with E-state index in [1.807, 2.05) is 53.9 Å². The number of carboxylic acids is 1. The number of halogens is 2. The molecule has 2 heterocycles. The maximum atomic E-state index is 15.6.